The molecule has 1 saturated carbocycles. The van der Waals surface area contributed by atoms with Gasteiger partial charge in [0.1, 0.15) is 54.9 Å². The summed E-state index contributed by atoms with van der Waals surface area (Å²) in [7, 11) is 0. The second-order valence-electron chi connectivity index (χ2n) is 15.2. The molecule has 5 aliphatic rings. The number of rotatable bonds is 17. The number of carbonyl (C=O) groups excluding carboxylic acids is 1. The van der Waals surface area contributed by atoms with E-state index in [1.54, 1.807) is 24.3 Å². The van der Waals surface area contributed by atoms with Crippen molar-refractivity contribution < 1.29 is 57.3 Å². The van der Waals surface area contributed by atoms with Crippen LogP contribution < -0.4 is 0 Å². The lowest BCUT2D eigenvalue weighted by molar-refractivity contribution is -0.491. The third kappa shape index (κ3) is 9.39. The number of ether oxygens (including phenoxy) is 10. The molecule has 312 valence electrons. The van der Waals surface area contributed by atoms with E-state index in [0.717, 1.165) is 22.3 Å². The van der Waals surface area contributed by atoms with Gasteiger partial charge in [0.25, 0.3) is 6.48 Å². The van der Waals surface area contributed by atoms with Gasteiger partial charge in [-0.05, 0) is 34.4 Å². The van der Waals surface area contributed by atoms with Crippen LogP contribution in [-0.4, -0.2) is 91.5 Å². The summed E-state index contributed by atoms with van der Waals surface area (Å²) in [5.74, 6) is -0.589. The number of benzene rings is 5. The van der Waals surface area contributed by atoms with Crippen LogP contribution in [-0.2, 0) is 73.8 Å². The summed E-state index contributed by atoms with van der Waals surface area (Å²) < 4.78 is 64.8. The fourth-order valence-corrected chi connectivity index (χ4v) is 8.15. The van der Waals surface area contributed by atoms with Crippen LogP contribution in [0.2, 0.25) is 0 Å². The summed E-state index contributed by atoms with van der Waals surface area (Å²) in [5.41, 5.74) is 4.20. The molecule has 12 heteroatoms. The molecule has 4 saturated heterocycles. The first-order valence-electron chi connectivity index (χ1n) is 20.4. The summed E-state index contributed by atoms with van der Waals surface area (Å²) in [6.45, 7) is 0.0812. The molecule has 10 rings (SSSR count). The van der Waals surface area contributed by atoms with Gasteiger partial charge in [-0.3, -0.25) is 0 Å². The van der Waals surface area contributed by atoms with Gasteiger partial charge in [0, 0.05) is 0 Å². The topological polar surface area (TPSA) is 130 Å². The first-order valence-corrected chi connectivity index (χ1v) is 20.4. The molecule has 60 heavy (non-hydrogen) atoms. The molecule has 0 aromatic heterocycles. The number of aliphatic hydroxyl groups excluding tert-OH is 1. The van der Waals surface area contributed by atoms with Crippen LogP contribution in [0.1, 0.15) is 32.6 Å². The molecule has 1 aliphatic carbocycles. The summed E-state index contributed by atoms with van der Waals surface area (Å²) in [6, 6.07) is 48.1. The predicted octanol–water partition coefficient (Wildman–Crippen LogP) is 6.14. The number of aliphatic hydroxyl groups is 1. The van der Waals surface area contributed by atoms with Crippen LogP contribution in [0.4, 0.5) is 0 Å². The second kappa shape index (κ2) is 19.3. The van der Waals surface area contributed by atoms with Gasteiger partial charge >= 0.3 is 5.97 Å². The Morgan fingerprint density at radius 3 is 1.48 bits per heavy atom. The van der Waals surface area contributed by atoms with Crippen molar-refractivity contribution >= 4 is 5.97 Å². The van der Waals surface area contributed by atoms with Crippen LogP contribution in [0.5, 0.6) is 0 Å². The largest absolute Gasteiger partial charge is 0.453 e. The lowest BCUT2D eigenvalue weighted by Gasteiger charge is -2.58. The van der Waals surface area contributed by atoms with Crippen molar-refractivity contribution in [3.8, 4) is 0 Å². The zero-order valence-electron chi connectivity index (χ0n) is 32.8. The van der Waals surface area contributed by atoms with Crippen LogP contribution in [0.25, 0.3) is 0 Å². The van der Waals surface area contributed by atoms with Crippen molar-refractivity contribution in [2.75, 3.05) is 6.61 Å². The number of hydrogen-bond acceptors (Lipinski definition) is 12. The first kappa shape index (κ1) is 40.6. The quantitative estimate of drug-likeness (QED) is 0.108. The average Bonchev–Trinajstić information content (AvgIpc) is 3.30. The van der Waals surface area contributed by atoms with Gasteiger partial charge in [-0.2, -0.15) is 0 Å². The Balaban J connectivity index is 1.05. The van der Waals surface area contributed by atoms with Crippen LogP contribution >= 0.6 is 0 Å². The van der Waals surface area contributed by atoms with Gasteiger partial charge in [0.2, 0.25) is 0 Å². The van der Waals surface area contributed by atoms with E-state index in [4.69, 9.17) is 47.4 Å². The van der Waals surface area contributed by atoms with E-state index in [0.29, 0.717) is 12.2 Å². The maximum Gasteiger partial charge on any atom is 0.338 e. The van der Waals surface area contributed by atoms with Gasteiger partial charge in [-0.15, -0.1) is 0 Å². The third-order valence-electron chi connectivity index (χ3n) is 11.2. The Labute approximate surface area is 348 Å². The predicted molar refractivity (Wildman–Crippen MR) is 215 cm³/mol. The van der Waals surface area contributed by atoms with Crippen LogP contribution in [0.3, 0.4) is 0 Å². The summed E-state index contributed by atoms with van der Waals surface area (Å²) in [6.07, 6.45) is -10.1. The fraction of sp³-hybridized carbons (Fsp3) is 0.354. The van der Waals surface area contributed by atoms with E-state index >= 15 is 0 Å². The molecule has 12 atom stereocenters. The third-order valence-corrected chi connectivity index (χ3v) is 11.2. The maximum absolute atomic E-state index is 13.4. The molecule has 5 aromatic rings. The van der Waals surface area contributed by atoms with Crippen molar-refractivity contribution in [2.45, 2.75) is 100 Å². The van der Waals surface area contributed by atoms with Crippen molar-refractivity contribution in [3.05, 3.63) is 179 Å². The summed E-state index contributed by atoms with van der Waals surface area (Å²) >= 11 is 0. The van der Waals surface area contributed by atoms with Gasteiger partial charge in [0.05, 0.1) is 38.6 Å². The minimum absolute atomic E-state index is 0.118. The zero-order valence-corrected chi connectivity index (χ0v) is 32.8. The van der Waals surface area contributed by atoms with Crippen LogP contribution in [0, 0.1) is 0 Å². The van der Waals surface area contributed by atoms with E-state index in [9.17, 15) is 9.90 Å². The van der Waals surface area contributed by atoms with E-state index in [2.05, 4.69) is 0 Å². The van der Waals surface area contributed by atoms with Gasteiger partial charge in [-0.25, -0.2) is 4.79 Å². The van der Waals surface area contributed by atoms with Crippen LogP contribution in [0.15, 0.2) is 152 Å². The molecule has 1 N–H and O–H groups in total. The van der Waals surface area contributed by atoms with Gasteiger partial charge < -0.3 is 52.5 Å². The molecular formula is C48H48O12. The number of carbonyl (C=O) groups is 1. The second-order valence-corrected chi connectivity index (χ2v) is 15.2. The summed E-state index contributed by atoms with van der Waals surface area (Å²) in [5, 5.41) is 11.6. The molecule has 4 aliphatic heterocycles. The molecule has 5 fully saturated rings. The highest BCUT2D eigenvalue weighted by molar-refractivity contribution is 5.89. The lowest BCUT2D eigenvalue weighted by Crippen LogP contribution is -2.77. The lowest BCUT2D eigenvalue weighted by atomic mass is 9.82. The molecule has 0 radical (unpaired) electrons. The molecule has 0 spiro atoms. The monoisotopic (exact) mass is 816 g/mol. The standard InChI is InChI=1S/C48H48O12/c49-37-39-42(56-46(50)35-24-14-5-15-25-35)44-43(40(37)59-48(58-39)60-44)57-47-45(54-29-34-22-12-4-13-23-34)41(53-28-33-20-10-3-11-21-33)38(52-27-32-18-8-2-9-19-32)36(55-47)30-51-26-31-16-6-1-7-17-31/h1-25,36-45,47-49H,26-30H2/t36-,37-,38-,39+,40-,41+,42+,43+,44+,45+,47-,48-/m1/s1. The maximum atomic E-state index is 13.4. The number of esters is 1. The van der Waals surface area contributed by atoms with Gasteiger partial charge in [0.15, 0.2) is 12.4 Å². The average molecular weight is 817 g/mol. The minimum Gasteiger partial charge on any atom is -0.453 e. The molecule has 4 bridgehead atoms. The van der Waals surface area contributed by atoms with Crippen molar-refractivity contribution in [1.82, 2.24) is 0 Å². The fourth-order valence-electron chi connectivity index (χ4n) is 8.15. The molecule has 4 heterocycles. The molecule has 5 aromatic carbocycles. The highest BCUT2D eigenvalue weighted by atomic mass is 16.9. The van der Waals surface area contributed by atoms with Gasteiger partial charge in [-0.1, -0.05) is 140 Å². The highest BCUT2D eigenvalue weighted by Gasteiger charge is 2.65. The van der Waals surface area contributed by atoms with E-state index < -0.39 is 79.8 Å². The first-order chi connectivity index (χ1) is 29.6. The smallest absolute Gasteiger partial charge is 0.338 e. The number of hydrogen-bond donors (Lipinski definition) is 1. The van der Waals surface area contributed by atoms with E-state index in [-0.39, 0.29) is 26.4 Å². The molecule has 0 unspecified atom stereocenters. The normalized spacial score (nSPS) is 30.6. The van der Waals surface area contributed by atoms with E-state index in [1.165, 1.54) is 0 Å². The molecule has 12 nitrogen and oxygen atoms in total. The Hall–Kier alpha value is -4.83. The Kier molecular flexibility index (Phi) is 13.0. The Morgan fingerprint density at radius 1 is 0.483 bits per heavy atom. The highest BCUT2D eigenvalue weighted by Crippen LogP contribution is 2.44. The zero-order chi connectivity index (χ0) is 40.7. The van der Waals surface area contributed by atoms with Crippen molar-refractivity contribution in [1.29, 1.82) is 0 Å². The van der Waals surface area contributed by atoms with Crippen molar-refractivity contribution in [3.63, 3.8) is 0 Å². The minimum atomic E-state index is -1.22. The Bertz CT molecular complexity index is 2080. The molecule has 0 amide bonds. The summed E-state index contributed by atoms with van der Waals surface area (Å²) in [4.78, 5) is 13.4. The molecular weight excluding hydrogens is 769 g/mol. The SMILES string of the molecule is O=C(O[C@@H]1[C@@H]2O[C@H]3O[C@H]([C@H](O)[C@@H]1O3)[C@@H]2O[C@H]1O[C@H](COCc2ccccc2)[C@@H](OCc2ccccc2)[C@H](OCc2ccccc2)[C@@H]1OCc1ccccc1)c1ccccc1. The Morgan fingerprint density at radius 2 is 0.933 bits per heavy atom. The van der Waals surface area contributed by atoms with Crippen molar-refractivity contribution in [2.24, 2.45) is 0 Å². The van der Waals surface area contributed by atoms with E-state index in [1.807, 2.05) is 127 Å².